The van der Waals surface area contributed by atoms with Crippen molar-refractivity contribution < 1.29 is 18.8 Å². The Morgan fingerprint density at radius 3 is 2.44 bits per heavy atom. The van der Waals surface area contributed by atoms with Crippen molar-refractivity contribution in [1.29, 1.82) is 0 Å². The van der Waals surface area contributed by atoms with E-state index in [1.807, 2.05) is 26.0 Å². The van der Waals surface area contributed by atoms with Crippen molar-refractivity contribution in [1.82, 2.24) is 10.1 Å². The Bertz CT molecular complexity index is 1310. The molecule has 0 saturated carbocycles. The molecule has 2 aromatic carbocycles. The third-order valence-corrected chi connectivity index (χ3v) is 8.24. The van der Waals surface area contributed by atoms with Gasteiger partial charge in [-0.25, -0.2) is 4.79 Å². The van der Waals surface area contributed by atoms with E-state index in [0.717, 1.165) is 63.8 Å². The van der Waals surface area contributed by atoms with Gasteiger partial charge in [-0.3, -0.25) is 4.79 Å². The van der Waals surface area contributed by atoms with Crippen molar-refractivity contribution in [2.24, 2.45) is 5.92 Å². The van der Waals surface area contributed by atoms with Crippen molar-refractivity contribution in [2.75, 3.05) is 31.6 Å². The third-order valence-electron chi connectivity index (χ3n) is 7.61. The highest BCUT2D eigenvalue weighted by atomic mass is 35.5. The first-order valence-corrected chi connectivity index (χ1v) is 15.2. The van der Waals surface area contributed by atoms with Gasteiger partial charge >= 0.3 is 5.97 Å². The first-order chi connectivity index (χ1) is 19.7. The molecule has 4 rings (SSSR count). The SMILES string of the molecule is Cc1onc(-c2c(Cl)cccc2Cl)c1C(=O)OCCCCCCN1CCC(c2cccc(NC(=O)C(C)C)c2)CC1. The van der Waals surface area contributed by atoms with E-state index in [0.29, 0.717) is 39.6 Å². The summed E-state index contributed by atoms with van der Waals surface area (Å²) in [6.45, 7) is 9.06. The van der Waals surface area contributed by atoms with Crippen molar-refractivity contribution in [3.8, 4) is 11.3 Å². The normalized spacial score (nSPS) is 14.4. The molecule has 0 unspecified atom stereocenters. The number of nitrogens with one attached hydrogen (secondary N) is 1. The molecule has 1 aromatic heterocycles. The van der Waals surface area contributed by atoms with Gasteiger partial charge in [-0.05, 0) is 88.0 Å². The van der Waals surface area contributed by atoms with Crippen LogP contribution < -0.4 is 5.32 Å². The number of carbonyl (C=O) groups is 2. The number of aryl methyl sites for hydroxylation is 1. The van der Waals surface area contributed by atoms with Crippen molar-refractivity contribution in [3.05, 3.63) is 69.4 Å². The maximum atomic E-state index is 12.8. The summed E-state index contributed by atoms with van der Waals surface area (Å²) in [4.78, 5) is 27.4. The van der Waals surface area contributed by atoms with E-state index in [1.54, 1.807) is 25.1 Å². The fourth-order valence-electron chi connectivity index (χ4n) is 5.18. The topological polar surface area (TPSA) is 84.7 Å². The second kappa shape index (κ2) is 14.9. The van der Waals surface area contributed by atoms with E-state index in [1.165, 1.54) is 5.56 Å². The summed E-state index contributed by atoms with van der Waals surface area (Å²) in [6.07, 6.45) is 6.24. The number of benzene rings is 2. The Balaban J connectivity index is 1.13. The monoisotopic (exact) mass is 599 g/mol. The maximum absolute atomic E-state index is 12.8. The zero-order valence-electron chi connectivity index (χ0n) is 24.1. The fourth-order valence-corrected chi connectivity index (χ4v) is 5.76. The highest BCUT2D eigenvalue weighted by Crippen LogP contribution is 2.37. The third kappa shape index (κ3) is 8.34. The molecular weight excluding hydrogens is 561 g/mol. The summed E-state index contributed by atoms with van der Waals surface area (Å²) in [7, 11) is 0. The lowest BCUT2D eigenvalue weighted by molar-refractivity contribution is -0.118. The predicted octanol–water partition coefficient (Wildman–Crippen LogP) is 8.15. The van der Waals surface area contributed by atoms with Crippen LogP contribution in [0.4, 0.5) is 5.69 Å². The average molecular weight is 601 g/mol. The lowest BCUT2D eigenvalue weighted by Crippen LogP contribution is -2.33. The van der Waals surface area contributed by atoms with Crippen LogP contribution in [0.1, 0.15) is 80.0 Å². The number of aromatic nitrogens is 1. The Morgan fingerprint density at radius 2 is 1.73 bits per heavy atom. The van der Waals surface area contributed by atoms with Gasteiger partial charge < -0.3 is 19.5 Å². The largest absolute Gasteiger partial charge is 0.462 e. The number of halogens is 2. The van der Waals surface area contributed by atoms with Gasteiger partial charge in [-0.2, -0.15) is 0 Å². The Labute approximate surface area is 252 Å². The van der Waals surface area contributed by atoms with E-state index >= 15 is 0 Å². The van der Waals surface area contributed by atoms with Crippen molar-refractivity contribution >= 4 is 40.8 Å². The molecule has 220 valence electrons. The molecule has 0 aliphatic carbocycles. The van der Waals surface area contributed by atoms with Crippen LogP contribution in [0.2, 0.25) is 10.0 Å². The number of anilines is 1. The van der Waals surface area contributed by atoms with Gasteiger partial charge in [0, 0.05) is 17.2 Å². The highest BCUT2D eigenvalue weighted by Gasteiger charge is 2.26. The smallest absolute Gasteiger partial charge is 0.344 e. The van der Waals surface area contributed by atoms with Gasteiger partial charge in [0.05, 0.1) is 16.7 Å². The van der Waals surface area contributed by atoms with Gasteiger partial charge in [0.1, 0.15) is 17.0 Å². The number of nitrogens with zero attached hydrogens (tertiary/aromatic N) is 2. The Hall–Kier alpha value is -2.87. The Kier molecular flexibility index (Phi) is 11.3. The zero-order chi connectivity index (χ0) is 29.4. The van der Waals surface area contributed by atoms with Crippen LogP contribution in [-0.2, 0) is 9.53 Å². The summed E-state index contributed by atoms with van der Waals surface area (Å²) in [5.41, 5.74) is 3.22. The second-order valence-electron chi connectivity index (χ2n) is 11.0. The second-order valence-corrected chi connectivity index (χ2v) is 11.8. The number of esters is 1. The quantitative estimate of drug-likeness (QED) is 0.167. The molecule has 0 atom stereocenters. The molecular formula is C32H39Cl2N3O4. The highest BCUT2D eigenvalue weighted by molar-refractivity contribution is 6.39. The first kappa shape index (κ1) is 31.1. The molecule has 0 radical (unpaired) electrons. The van der Waals surface area contributed by atoms with Gasteiger partial charge in [0.15, 0.2) is 0 Å². The lowest BCUT2D eigenvalue weighted by atomic mass is 9.89. The number of likely N-dealkylation sites (tertiary alicyclic amines) is 1. The standard InChI is InChI=1S/C32H39Cl2N3O4/c1-21(2)31(38)35-25-11-8-10-24(20-25)23-14-17-37(18-15-23)16-6-4-5-7-19-40-32(39)28-22(3)41-36-30(28)29-26(33)12-9-13-27(29)34/h8-13,20-21,23H,4-7,14-19H2,1-3H3,(H,35,38). The number of piperidine rings is 1. The predicted molar refractivity (Wildman–Crippen MR) is 164 cm³/mol. The van der Waals surface area contributed by atoms with Crippen LogP contribution in [0, 0.1) is 12.8 Å². The van der Waals surface area contributed by atoms with E-state index in [4.69, 9.17) is 32.5 Å². The summed E-state index contributed by atoms with van der Waals surface area (Å²) in [6, 6.07) is 13.4. The minimum Gasteiger partial charge on any atom is -0.462 e. The van der Waals surface area contributed by atoms with Crippen LogP contribution in [0.15, 0.2) is 47.0 Å². The number of hydrogen-bond acceptors (Lipinski definition) is 6. The van der Waals surface area contributed by atoms with Gasteiger partial charge in [0.25, 0.3) is 0 Å². The molecule has 0 spiro atoms. The summed E-state index contributed by atoms with van der Waals surface area (Å²) in [5, 5.41) is 7.82. The zero-order valence-corrected chi connectivity index (χ0v) is 25.6. The minimum atomic E-state index is -0.481. The molecule has 1 N–H and O–H groups in total. The summed E-state index contributed by atoms with van der Waals surface area (Å²) < 4.78 is 10.8. The van der Waals surface area contributed by atoms with Gasteiger partial charge in [0.2, 0.25) is 5.91 Å². The van der Waals surface area contributed by atoms with Crippen LogP contribution in [0.3, 0.4) is 0 Å². The van der Waals surface area contributed by atoms with Crippen LogP contribution in [0.25, 0.3) is 11.3 Å². The van der Waals surface area contributed by atoms with Crippen molar-refractivity contribution in [2.45, 2.75) is 65.2 Å². The molecule has 9 heteroatoms. The van der Waals surface area contributed by atoms with E-state index < -0.39 is 5.97 Å². The summed E-state index contributed by atoms with van der Waals surface area (Å²) >= 11 is 12.6. The molecule has 1 aliphatic rings. The van der Waals surface area contributed by atoms with Gasteiger partial charge in [-0.1, -0.05) is 73.2 Å². The molecule has 41 heavy (non-hydrogen) atoms. The van der Waals surface area contributed by atoms with E-state index in [-0.39, 0.29) is 17.4 Å². The number of ether oxygens (including phenoxy) is 1. The molecule has 1 aliphatic heterocycles. The summed E-state index contributed by atoms with van der Waals surface area (Å²) in [5.74, 6) is 0.434. The lowest BCUT2D eigenvalue weighted by Gasteiger charge is -2.32. The number of hydrogen-bond donors (Lipinski definition) is 1. The van der Waals surface area contributed by atoms with E-state index in [9.17, 15) is 9.59 Å². The molecule has 2 heterocycles. The number of amides is 1. The van der Waals surface area contributed by atoms with Crippen LogP contribution in [0.5, 0.6) is 0 Å². The molecule has 7 nitrogen and oxygen atoms in total. The molecule has 0 bridgehead atoms. The Morgan fingerprint density at radius 1 is 1.05 bits per heavy atom. The minimum absolute atomic E-state index is 0.0332. The molecule has 1 saturated heterocycles. The van der Waals surface area contributed by atoms with Crippen LogP contribution in [-0.4, -0.2) is 48.2 Å². The first-order valence-electron chi connectivity index (χ1n) is 14.5. The number of carbonyl (C=O) groups excluding carboxylic acids is 2. The fraction of sp³-hybridized carbons (Fsp3) is 0.469. The maximum Gasteiger partial charge on any atom is 0.344 e. The molecule has 3 aromatic rings. The van der Waals surface area contributed by atoms with Crippen LogP contribution >= 0.6 is 23.2 Å². The molecule has 1 fully saturated rings. The number of rotatable bonds is 12. The van der Waals surface area contributed by atoms with Crippen molar-refractivity contribution in [3.63, 3.8) is 0 Å². The van der Waals surface area contributed by atoms with E-state index in [2.05, 4.69) is 27.5 Å². The molecule has 1 amide bonds. The van der Waals surface area contributed by atoms with Gasteiger partial charge in [-0.15, -0.1) is 0 Å². The average Bonchev–Trinajstić information content (AvgIpc) is 3.33. The number of unbranched alkanes of at least 4 members (excludes halogenated alkanes) is 3.